The van der Waals surface area contributed by atoms with E-state index in [-0.39, 0.29) is 0 Å². The van der Waals surface area contributed by atoms with Gasteiger partial charge in [0, 0.05) is 0 Å². The van der Waals surface area contributed by atoms with Crippen molar-refractivity contribution < 1.29 is 0 Å². The first-order valence-electron chi connectivity index (χ1n) is 3.69. The molecule has 0 aliphatic heterocycles. The van der Waals surface area contributed by atoms with Gasteiger partial charge in [-0.05, 0) is 36.6 Å². The number of nitrogens with two attached hydrogens (primary N) is 1. The van der Waals surface area contributed by atoms with Crippen molar-refractivity contribution in [2.24, 2.45) is 0 Å². The molecule has 0 unspecified atom stereocenters. The summed E-state index contributed by atoms with van der Waals surface area (Å²) in [6.45, 7) is 4.15. The van der Waals surface area contributed by atoms with Gasteiger partial charge in [-0.15, -0.1) is 0 Å². The highest BCUT2D eigenvalue weighted by atomic mass is 35.5. The van der Waals surface area contributed by atoms with Gasteiger partial charge in [-0.2, -0.15) is 0 Å². The van der Waals surface area contributed by atoms with E-state index >= 15 is 0 Å². The minimum absolute atomic E-state index is 0.660. The van der Waals surface area contributed by atoms with Crippen LogP contribution >= 0.6 is 11.6 Å². The van der Waals surface area contributed by atoms with Crippen LogP contribution in [0.15, 0.2) is 12.1 Å². The molecule has 0 amide bonds. The first-order valence-corrected chi connectivity index (χ1v) is 4.07. The predicted molar refractivity (Wildman–Crippen MR) is 50.0 cm³/mol. The summed E-state index contributed by atoms with van der Waals surface area (Å²) in [4.78, 5) is 0. The Morgan fingerprint density at radius 1 is 1.45 bits per heavy atom. The van der Waals surface area contributed by atoms with Gasteiger partial charge < -0.3 is 5.73 Å². The zero-order valence-electron chi connectivity index (χ0n) is 6.82. The molecule has 1 aromatic carbocycles. The van der Waals surface area contributed by atoms with Gasteiger partial charge in [0.1, 0.15) is 0 Å². The summed E-state index contributed by atoms with van der Waals surface area (Å²) in [5.41, 5.74) is 8.77. The molecule has 0 saturated carbocycles. The molecule has 11 heavy (non-hydrogen) atoms. The molecule has 0 bridgehead atoms. The van der Waals surface area contributed by atoms with Crippen LogP contribution in [0.25, 0.3) is 0 Å². The molecule has 60 valence electrons. The first kappa shape index (κ1) is 8.41. The molecule has 1 nitrogen and oxygen atoms in total. The van der Waals surface area contributed by atoms with E-state index in [1.54, 1.807) is 0 Å². The Kier molecular flexibility index (Phi) is 2.40. The molecule has 0 atom stereocenters. The largest absolute Gasteiger partial charge is 0.398 e. The standard InChI is InChI=1S/C9H12ClN/c1-3-7-5-8(10)9(11)4-6(7)2/h4-5H,3,11H2,1-2H3. The van der Waals surface area contributed by atoms with E-state index in [0.717, 1.165) is 6.42 Å². The van der Waals surface area contributed by atoms with E-state index in [1.165, 1.54) is 11.1 Å². The van der Waals surface area contributed by atoms with Crippen molar-refractivity contribution in [3.8, 4) is 0 Å². The van der Waals surface area contributed by atoms with Crippen LogP contribution in [0, 0.1) is 6.92 Å². The molecule has 2 heteroatoms. The quantitative estimate of drug-likeness (QED) is 0.643. The molecule has 0 aliphatic carbocycles. The summed E-state index contributed by atoms with van der Waals surface area (Å²) in [6.07, 6.45) is 1.01. The topological polar surface area (TPSA) is 26.0 Å². The Hall–Kier alpha value is -0.690. The molecule has 0 heterocycles. The van der Waals surface area contributed by atoms with Gasteiger partial charge in [-0.3, -0.25) is 0 Å². The lowest BCUT2D eigenvalue weighted by Crippen LogP contribution is -1.92. The summed E-state index contributed by atoms with van der Waals surface area (Å²) < 4.78 is 0. The highest BCUT2D eigenvalue weighted by Crippen LogP contribution is 2.23. The summed E-state index contributed by atoms with van der Waals surface area (Å²) in [5, 5.41) is 0.660. The van der Waals surface area contributed by atoms with Crippen LogP contribution in [0.3, 0.4) is 0 Å². The van der Waals surface area contributed by atoms with Crippen LogP contribution < -0.4 is 5.73 Å². The minimum Gasteiger partial charge on any atom is -0.398 e. The summed E-state index contributed by atoms with van der Waals surface area (Å²) >= 11 is 5.84. The Labute approximate surface area is 72.2 Å². The van der Waals surface area contributed by atoms with Crippen LogP contribution in [-0.2, 0) is 6.42 Å². The average Bonchev–Trinajstić information content (AvgIpc) is 1.97. The van der Waals surface area contributed by atoms with Crippen molar-refractivity contribution in [2.45, 2.75) is 20.3 Å². The Morgan fingerprint density at radius 3 is 2.64 bits per heavy atom. The second-order valence-corrected chi connectivity index (χ2v) is 3.06. The lowest BCUT2D eigenvalue weighted by atomic mass is 10.1. The fraction of sp³-hybridized carbons (Fsp3) is 0.333. The molecule has 1 rings (SSSR count). The van der Waals surface area contributed by atoms with Crippen LogP contribution in [0.1, 0.15) is 18.1 Å². The van der Waals surface area contributed by atoms with Gasteiger partial charge in [0.25, 0.3) is 0 Å². The minimum atomic E-state index is 0.660. The third-order valence-corrected chi connectivity index (χ3v) is 2.16. The average molecular weight is 170 g/mol. The monoisotopic (exact) mass is 169 g/mol. The van der Waals surface area contributed by atoms with Crippen LogP contribution in [0.4, 0.5) is 5.69 Å². The second-order valence-electron chi connectivity index (χ2n) is 2.65. The predicted octanol–water partition coefficient (Wildman–Crippen LogP) is 2.79. The van der Waals surface area contributed by atoms with Gasteiger partial charge in [0.2, 0.25) is 0 Å². The molecular weight excluding hydrogens is 158 g/mol. The van der Waals surface area contributed by atoms with E-state index < -0.39 is 0 Å². The number of nitrogen functional groups attached to an aromatic ring is 1. The van der Waals surface area contributed by atoms with Gasteiger partial charge in [-0.25, -0.2) is 0 Å². The molecule has 0 saturated heterocycles. The molecule has 0 fully saturated rings. The van der Waals surface area contributed by atoms with Gasteiger partial charge >= 0.3 is 0 Å². The highest BCUT2D eigenvalue weighted by Gasteiger charge is 2.00. The molecule has 0 aromatic heterocycles. The van der Waals surface area contributed by atoms with Crippen molar-refractivity contribution in [2.75, 3.05) is 5.73 Å². The molecule has 0 radical (unpaired) electrons. The highest BCUT2D eigenvalue weighted by molar-refractivity contribution is 6.33. The van der Waals surface area contributed by atoms with Gasteiger partial charge in [0.05, 0.1) is 10.7 Å². The molecule has 0 aliphatic rings. The number of anilines is 1. The Morgan fingerprint density at radius 2 is 2.09 bits per heavy atom. The maximum Gasteiger partial charge on any atom is 0.0638 e. The summed E-state index contributed by atoms with van der Waals surface area (Å²) in [7, 11) is 0. The fourth-order valence-electron chi connectivity index (χ4n) is 1.13. The van der Waals surface area contributed by atoms with E-state index in [1.807, 2.05) is 19.1 Å². The summed E-state index contributed by atoms with van der Waals surface area (Å²) in [6, 6.07) is 3.85. The maximum absolute atomic E-state index is 5.84. The lowest BCUT2D eigenvalue weighted by Gasteiger charge is -2.05. The maximum atomic E-state index is 5.84. The van der Waals surface area contributed by atoms with Crippen molar-refractivity contribution in [1.82, 2.24) is 0 Å². The molecule has 2 N–H and O–H groups in total. The van der Waals surface area contributed by atoms with Crippen molar-refractivity contribution in [1.29, 1.82) is 0 Å². The zero-order chi connectivity index (χ0) is 8.43. The number of halogens is 1. The van der Waals surface area contributed by atoms with E-state index in [4.69, 9.17) is 17.3 Å². The zero-order valence-corrected chi connectivity index (χ0v) is 7.57. The Bertz CT molecular complexity index is 269. The Balaban J connectivity index is 3.21. The van der Waals surface area contributed by atoms with E-state index in [2.05, 4.69) is 6.92 Å². The normalized spacial score (nSPS) is 10.1. The number of benzene rings is 1. The fourth-order valence-corrected chi connectivity index (χ4v) is 1.31. The molecule has 0 spiro atoms. The van der Waals surface area contributed by atoms with Crippen molar-refractivity contribution >= 4 is 17.3 Å². The first-order chi connectivity index (χ1) is 5.15. The lowest BCUT2D eigenvalue weighted by molar-refractivity contribution is 1.11. The molecule has 1 aromatic rings. The number of hydrogen-bond acceptors (Lipinski definition) is 1. The van der Waals surface area contributed by atoms with Crippen molar-refractivity contribution in [3.63, 3.8) is 0 Å². The smallest absolute Gasteiger partial charge is 0.0638 e. The number of rotatable bonds is 1. The van der Waals surface area contributed by atoms with E-state index in [9.17, 15) is 0 Å². The van der Waals surface area contributed by atoms with Crippen LogP contribution in [-0.4, -0.2) is 0 Å². The van der Waals surface area contributed by atoms with Gasteiger partial charge in [-0.1, -0.05) is 18.5 Å². The van der Waals surface area contributed by atoms with Crippen LogP contribution in [0.5, 0.6) is 0 Å². The van der Waals surface area contributed by atoms with Crippen molar-refractivity contribution in [3.05, 3.63) is 28.3 Å². The number of hydrogen-bond donors (Lipinski definition) is 1. The van der Waals surface area contributed by atoms with Crippen LogP contribution in [0.2, 0.25) is 5.02 Å². The third kappa shape index (κ3) is 1.66. The molecular formula is C9H12ClN. The van der Waals surface area contributed by atoms with E-state index in [0.29, 0.717) is 10.7 Å². The third-order valence-electron chi connectivity index (χ3n) is 1.84. The van der Waals surface area contributed by atoms with Gasteiger partial charge in [0.15, 0.2) is 0 Å². The second kappa shape index (κ2) is 3.14. The number of aryl methyl sites for hydroxylation is 2. The SMILES string of the molecule is CCc1cc(Cl)c(N)cc1C. The summed E-state index contributed by atoms with van der Waals surface area (Å²) in [5.74, 6) is 0.